The molecule has 1 fully saturated rings. The minimum Gasteiger partial charge on any atom is -0.339 e. The molecule has 1 unspecified atom stereocenters. The van der Waals surface area contributed by atoms with Crippen LogP contribution in [0, 0.1) is 0 Å². The lowest BCUT2D eigenvalue weighted by molar-refractivity contribution is 0.0793. The van der Waals surface area contributed by atoms with E-state index in [4.69, 9.17) is 0 Å². The lowest BCUT2D eigenvalue weighted by atomic mass is 10.1. The molecule has 2 aromatic carbocycles. The molecule has 2 aliphatic rings. The van der Waals surface area contributed by atoms with Crippen LogP contribution in [0.4, 0.5) is 5.69 Å². The highest BCUT2D eigenvalue weighted by molar-refractivity contribution is 7.85. The Morgan fingerprint density at radius 1 is 1.04 bits per heavy atom. The summed E-state index contributed by atoms with van der Waals surface area (Å²) in [5, 5.41) is 0. The molecular formula is C18H16N2O2S. The molecular weight excluding hydrogens is 308 g/mol. The van der Waals surface area contributed by atoms with Gasteiger partial charge in [-0.2, -0.15) is 0 Å². The van der Waals surface area contributed by atoms with Gasteiger partial charge in [0.2, 0.25) is 0 Å². The van der Waals surface area contributed by atoms with Crippen LogP contribution in [0.15, 0.2) is 57.2 Å². The van der Waals surface area contributed by atoms with Crippen LogP contribution >= 0.6 is 0 Å². The zero-order valence-corrected chi connectivity index (χ0v) is 13.4. The summed E-state index contributed by atoms with van der Waals surface area (Å²) in [7, 11) is -1.28. The summed E-state index contributed by atoms with van der Waals surface area (Å²) in [6.07, 6.45) is 3.85. The van der Waals surface area contributed by atoms with Crippen LogP contribution in [-0.4, -0.2) is 34.3 Å². The van der Waals surface area contributed by atoms with Crippen molar-refractivity contribution in [1.29, 1.82) is 0 Å². The summed E-state index contributed by atoms with van der Waals surface area (Å²) in [6, 6.07) is 12.8. The van der Waals surface area contributed by atoms with E-state index in [1.807, 2.05) is 29.2 Å². The molecule has 2 aliphatic heterocycles. The minimum absolute atomic E-state index is 0.0352. The number of rotatable bonds is 1. The van der Waals surface area contributed by atoms with Gasteiger partial charge in [-0.15, -0.1) is 0 Å². The molecule has 0 spiro atoms. The summed E-state index contributed by atoms with van der Waals surface area (Å²) in [6.45, 7) is 1.63. The third-order valence-electron chi connectivity index (χ3n) is 4.26. The number of nitrogens with zero attached hydrogens (tertiary/aromatic N) is 2. The van der Waals surface area contributed by atoms with Crippen molar-refractivity contribution in [2.75, 3.05) is 13.1 Å². The van der Waals surface area contributed by atoms with Gasteiger partial charge < -0.3 is 4.90 Å². The van der Waals surface area contributed by atoms with E-state index in [0.29, 0.717) is 16.1 Å². The predicted octanol–water partition coefficient (Wildman–Crippen LogP) is 3.15. The molecule has 0 N–H and O–H groups in total. The first-order valence-electron chi connectivity index (χ1n) is 7.72. The first-order valence-corrected chi connectivity index (χ1v) is 8.87. The zero-order valence-electron chi connectivity index (χ0n) is 12.6. The van der Waals surface area contributed by atoms with Gasteiger partial charge in [0, 0.05) is 30.4 Å². The van der Waals surface area contributed by atoms with Crippen molar-refractivity contribution in [3.05, 3.63) is 53.6 Å². The number of carbonyl (C=O) groups is 1. The van der Waals surface area contributed by atoms with Gasteiger partial charge in [0.15, 0.2) is 0 Å². The third kappa shape index (κ3) is 2.51. The molecule has 116 valence electrons. The molecule has 4 rings (SSSR count). The van der Waals surface area contributed by atoms with Crippen LogP contribution in [0.3, 0.4) is 0 Å². The first-order chi connectivity index (χ1) is 11.2. The number of benzene rings is 2. The predicted molar refractivity (Wildman–Crippen MR) is 89.9 cm³/mol. The maximum atomic E-state index is 12.8. The number of likely N-dealkylation sites (tertiary alicyclic amines) is 1. The number of carbonyl (C=O) groups excluding carboxylic acids is 1. The monoisotopic (exact) mass is 324 g/mol. The van der Waals surface area contributed by atoms with Gasteiger partial charge in [-0.25, -0.2) is 4.21 Å². The Balaban J connectivity index is 1.75. The first kappa shape index (κ1) is 14.3. The number of aliphatic imine (C=N–C) groups is 1. The fourth-order valence-corrected chi connectivity index (χ4v) is 4.29. The van der Waals surface area contributed by atoms with Crippen LogP contribution in [0.5, 0.6) is 0 Å². The van der Waals surface area contributed by atoms with Gasteiger partial charge in [-0.1, -0.05) is 18.2 Å². The molecule has 2 heterocycles. The van der Waals surface area contributed by atoms with Crippen molar-refractivity contribution >= 4 is 28.6 Å². The summed E-state index contributed by atoms with van der Waals surface area (Å²) >= 11 is 0. The summed E-state index contributed by atoms with van der Waals surface area (Å²) in [5.41, 5.74) is 2.09. The molecule has 0 aromatic heterocycles. The maximum absolute atomic E-state index is 12.8. The topological polar surface area (TPSA) is 49.7 Å². The van der Waals surface area contributed by atoms with Gasteiger partial charge in [-0.05, 0) is 37.1 Å². The van der Waals surface area contributed by atoms with Crippen LogP contribution in [-0.2, 0) is 10.8 Å². The average Bonchev–Trinajstić information content (AvgIpc) is 3.09. The van der Waals surface area contributed by atoms with E-state index in [-0.39, 0.29) is 5.91 Å². The van der Waals surface area contributed by atoms with E-state index in [9.17, 15) is 9.00 Å². The highest BCUT2D eigenvalue weighted by Crippen LogP contribution is 2.32. The van der Waals surface area contributed by atoms with Crippen molar-refractivity contribution in [3.63, 3.8) is 0 Å². The highest BCUT2D eigenvalue weighted by Gasteiger charge is 2.22. The fourth-order valence-electron chi connectivity index (χ4n) is 3.02. The van der Waals surface area contributed by atoms with Gasteiger partial charge in [0.1, 0.15) is 0 Å². The highest BCUT2D eigenvalue weighted by atomic mass is 32.2. The summed E-state index contributed by atoms with van der Waals surface area (Å²) in [5.74, 6) is 0.0352. The molecule has 0 aliphatic carbocycles. The van der Waals surface area contributed by atoms with E-state index >= 15 is 0 Å². The van der Waals surface area contributed by atoms with Crippen molar-refractivity contribution in [3.8, 4) is 0 Å². The summed E-state index contributed by atoms with van der Waals surface area (Å²) < 4.78 is 12.8. The van der Waals surface area contributed by atoms with E-state index in [2.05, 4.69) is 4.99 Å². The Kier molecular flexibility index (Phi) is 3.58. The SMILES string of the molecule is O=C(c1ccc2c(c1)N=Cc1ccccc1S2=O)N1CCCC1. The van der Waals surface area contributed by atoms with Crippen molar-refractivity contribution in [2.24, 2.45) is 4.99 Å². The summed E-state index contributed by atoms with van der Waals surface area (Å²) in [4.78, 5) is 20.3. The van der Waals surface area contributed by atoms with Crippen molar-refractivity contribution in [2.45, 2.75) is 22.6 Å². The molecule has 0 bridgehead atoms. The number of fused-ring (bicyclic) bond motifs is 2. The van der Waals surface area contributed by atoms with Crippen LogP contribution < -0.4 is 0 Å². The lowest BCUT2D eigenvalue weighted by Crippen LogP contribution is -2.27. The second-order valence-electron chi connectivity index (χ2n) is 5.75. The number of hydrogen-bond donors (Lipinski definition) is 0. The second-order valence-corrected chi connectivity index (χ2v) is 7.16. The van der Waals surface area contributed by atoms with E-state index in [1.165, 1.54) is 0 Å². The largest absolute Gasteiger partial charge is 0.339 e. The van der Waals surface area contributed by atoms with E-state index in [0.717, 1.165) is 36.4 Å². The standard InChI is InChI=1S/C18H16N2O2S/c21-18(20-9-3-4-10-20)13-7-8-17-15(11-13)19-12-14-5-1-2-6-16(14)23(17)22/h1-2,5-8,11-12H,3-4,9-10H2. The van der Waals surface area contributed by atoms with Crippen molar-refractivity contribution < 1.29 is 9.00 Å². The molecule has 5 heteroatoms. The molecule has 0 radical (unpaired) electrons. The van der Waals surface area contributed by atoms with Crippen LogP contribution in [0.1, 0.15) is 28.8 Å². The van der Waals surface area contributed by atoms with Gasteiger partial charge >= 0.3 is 0 Å². The van der Waals surface area contributed by atoms with Crippen molar-refractivity contribution in [1.82, 2.24) is 4.90 Å². The Hall–Kier alpha value is -2.27. The van der Waals surface area contributed by atoms with Crippen LogP contribution in [0.25, 0.3) is 0 Å². The Morgan fingerprint density at radius 2 is 1.83 bits per heavy atom. The lowest BCUT2D eigenvalue weighted by Gasteiger charge is -2.15. The molecule has 1 amide bonds. The molecule has 23 heavy (non-hydrogen) atoms. The van der Waals surface area contributed by atoms with E-state index < -0.39 is 10.8 Å². The quantitative estimate of drug-likeness (QED) is 0.690. The molecule has 1 saturated heterocycles. The Bertz CT molecular complexity index is 839. The number of hydrogen-bond acceptors (Lipinski definition) is 3. The minimum atomic E-state index is -1.28. The smallest absolute Gasteiger partial charge is 0.253 e. The molecule has 0 saturated carbocycles. The Labute approximate surface area is 137 Å². The maximum Gasteiger partial charge on any atom is 0.253 e. The van der Waals surface area contributed by atoms with Gasteiger partial charge in [0.25, 0.3) is 5.91 Å². The second kappa shape index (κ2) is 5.74. The fraction of sp³-hybridized carbons (Fsp3) is 0.222. The molecule has 2 aromatic rings. The van der Waals surface area contributed by atoms with E-state index in [1.54, 1.807) is 24.4 Å². The molecule has 1 atom stereocenters. The zero-order chi connectivity index (χ0) is 15.8. The van der Waals surface area contributed by atoms with Gasteiger partial charge in [-0.3, -0.25) is 9.79 Å². The third-order valence-corrected chi connectivity index (χ3v) is 5.78. The normalized spacial score (nSPS) is 19.1. The van der Waals surface area contributed by atoms with Gasteiger partial charge in [0.05, 0.1) is 26.3 Å². The number of amides is 1. The molecule has 4 nitrogen and oxygen atoms in total. The van der Waals surface area contributed by atoms with Crippen LogP contribution in [0.2, 0.25) is 0 Å². The average molecular weight is 324 g/mol. The Morgan fingerprint density at radius 3 is 2.65 bits per heavy atom.